The molecule has 0 bridgehead atoms. The van der Waals surface area contributed by atoms with E-state index in [1.54, 1.807) is 0 Å². The number of rotatable bonds is 13. The number of nitrogens with zero attached hydrogens (tertiary/aromatic N) is 1. The molecule has 4 nitrogen and oxygen atoms in total. The van der Waals surface area contributed by atoms with Gasteiger partial charge in [-0.25, -0.2) is 0 Å². The van der Waals surface area contributed by atoms with E-state index in [4.69, 9.17) is 4.74 Å². The number of ether oxygens (including phenoxy) is 1. The SMILES string of the molecule is CC(C)CN1CC(C)(C(=O)NCCCCCCCCOC(C)C)C1. The van der Waals surface area contributed by atoms with E-state index in [1.807, 2.05) is 0 Å². The third-order valence-corrected chi connectivity index (χ3v) is 4.62. The van der Waals surface area contributed by atoms with Gasteiger partial charge in [0, 0.05) is 32.8 Å². The van der Waals surface area contributed by atoms with Crippen LogP contribution in [0.25, 0.3) is 0 Å². The lowest BCUT2D eigenvalue weighted by Gasteiger charge is -2.47. The number of carbonyl (C=O) groups is 1. The Morgan fingerprint density at radius 1 is 1.04 bits per heavy atom. The number of carbonyl (C=O) groups excluding carboxylic acids is 1. The highest BCUT2D eigenvalue weighted by molar-refractivity contribution is 5.83. The van der Waals surface area contributed by atoms with E-state index in [1.165, 1.54) is 32.1 Å². The third-order valence-electron chi connectivity index (χ3n) is 4.62. The van der Waals surface area contributed by atoms with Gasteiger partial charge >= 0.3 is 0 Å². The normalized spacial score (nSPS) is 17.3. The van der Waals surface area contributed by atoms with Crippen molar-refractivity contribution in [3.63, 3.8) is 0 Å². The second kappa shape index (κ2) is 11.1. The quantitative estimate of drug-likeness (QED) is 0.518. The third kappa shape index (κ3) is 8.48. The predicted octanol–water partition coefficient (Wildman–Crippen LogP) is 3.85. The minimum atomic E-state index is -0.161. The molecule has 1 amide bonds. The summed E-state index contributed by atoms with van der Waals surface area (Å²) in [6.07, 6.45) is 7.61. The maximum atomic E-state index is 12.3. The summed E-state index contributed by atoms with van der Waals surface area (Å²) >= 11 is 0. The summed E-state index contributed by atoms with van der Waals surface area (Å²) in [5.41, 5.74) is -0.161. The van der Waals surface area contributed by atoms with Crippen LogP contribution in [0.2, 0.25) is 0 Å². The Balaban J connectivity index is 1.93. The molecule has 24 heavy (non-hydrogen) atoms. The lowest BCUT2D eigenvalue weighted by molar-refractivity contribution is -0.140. The van der Waals surface area contributed by atoms with Crippen molar-refractivity contribution in [1.29, 1.82) is 0 Å². The summed E-state index contributed by atoms with van der Waals surface area (Å²) in [5, 5.41) is 3.14. The van der Waals surface area contributed by atoms with Gasteiger partial charge in [0.1, 0.15) is 0 Å². The molecule has 0 atom stereocenters. The van der Waals surface area contributed by atoms with Gasteiger partial charge in [-0.05, 0) is 39.5 Å². The van der Waals surface area contributed by atoms with Gasteiger partial charge in [-0.3, -0.25) is 4.79 Å². The van der Waals surface area contributed by atoms with E-state index in [-0.39, 0.29) is 11.3 Å². The monoisotopic (exact) mass is 340 g/mol. The van der Waals surface area contributed by atoms with Crippen LogP contribution in [-0.2, 0) is 9.53 Å². The molecule has 0 aromatic heterocycles. The van der Waals surface area contributed by atoms with Gasteiger partial charge in [0.05, 0.1) is 11.5 Å². The number of hydrogen-bond acceptors (Lipinski definition) is 3. The van der Waals surface area contributed by atoms with Crippen LogP contribution in [0.15, 0.2) is 0 Å². The van der Waals surface area contributed by atoms with Crippen LogP contribution in [0, 0.1) is 11.3 Å². The van der Waals surface area contributed by atoms with Crippen LogP contribution in [0.5, 0.6) is 0 Å². The van der Waals surface area contributed by atoms with Gasteiger partial charge in [-0.2, -0.15) is 0 Å². The van der Waals surface area contributed by atoms with E-state index in [0.29, 0.717) is 12.0 Å². The Kier molecular flexibility index (Phi) is 9.91. The Morgan fingerprint density at radius 2 is 1.62 bits per heavy atom. The first-order chi connectivity index (χ1) is 11.3. The molecule has 1 aliphatic heterocycles. The standard InChI is InChI=1S/C20H40N2O2/c1-17(2)14-22-15-20(5,16-22)19(23)21-12-10-8-6-7-9-11-13-24-18(3)4/h17-18H,6-16H2,1-5H3,(H,21,23). The van der Waals surface area contributed by atoms with Crippen molar-refractivity contribution < 1.29 is 9.53 Å². The average Bonchev–Trinajstić information content (AvgIpc) is 2.46. The molecule has 0 aliphatic carbocycles. The van der Waals surface area contributed by atoms with Gasteiger partial charge in [-0.1, -0.05) is 39.5 Å². The summed E-state index contributed by atoms with van der Waals surface area (Å²) in [6.45, 7) is 15.4. The second-order valence-corrected chi connectivity index (χ2v) is 8.42. The minimum Gasteiger partial charge on any atom is -0.379 e. The number of likely N-dealkylation sites (tertiary alicyclic amines) is 1. The maximum Gasteiger partial charge on any atom is 0.228 e. The van der Waals surface area contributed by atoms with Crippen LogP contribution >= 0.6 is 0 Å². The topological polar surface area (TPSA) is 41.6 Å². The van der Waals surface area contributed by atoms with E-state index < -0.39 is 0 Å². The van der Waals surface area contributed by atoms with E-state index in [2.05, 4.69) is 44.8 Å². The highest BCUT2D eigenvalue weighted by Gasteiger charge is 2.44. The molecule has 0 unspecified atom stereocenters. The van der Waals surface area contributed by atoms with Crippen molar-refractivity contribution in [2.75, 3.05) is 32.8 Å². The molecule has 1 rings (SSSR count). The molecule has 1 saturated heterocycles. The highest BCUT2D eigenvalue weighted by Crippen LogP contribution is 2.30. The fourth-order valence-electron chi connectivity index (χ4n) is 3.40. The fraction of sp³-hybridized carbons (Fsp3) is 0.950. The summed E-state index contributed by atoms with van der Waals surface area (Å²) in [4.78, 5) is 14.7. The van der Waals surface area contributed by atoms with E-state index >= 15 is 0 Å². The zero-order valence-electron chi connectivity index (χ0n) is 16.7. The zero-order valence-corrected chi connectivity index (χ0v) is 16.7. The molecule has 1 fully saturated rings. The molecule has 0 spiro atoms. The second-order valence-electron chi connectivity index (χ2n) is 8.42. The number of nitrogens with one attached hydrogen (secondary N) is 1. The molecule has 0 aromatic carbocycles. The Bertz CT molecular complexity index is 350. The van der Waals surface area contributed by atoms with E-state index in [9.17, 15) is 4.79 Å². The van der Waals surface area contributed by atoms with Gasteiger partial charge < -0.3 is 15.0 Å². The van der Waals surface area contributed by atoms with Gasteiger partial charge in [0.25, 0.3) is 0 Å². The van der Waals surface area contributed by atoms with Crippen LogP contribution < -0.4 is 5.32 Å². The van der Waals surface area contributed by atoms with Gasteiger partial charge in [0.2, 0.25) is 5.91 Å². The molecule has 1 heterocycles. The van der Waals surface area contributed by atoms with Crippen molar-refractivity contribution in [1.82, 2.24) is 10.2 Å². The molecule has 0 radical (unpaired) electrons. The van der Waals surface area contributed by atoms with Crippen LogP contribution in [0.4, 0.5) is 0 Å². The first-order valence-corrected chi connectivity index (χ1v) is 9.96. The Labute approximate surface area is 149 Å². The minimum absolute atomic E-state index is 0.161. The lowest BCUT2D eigenvalue weighted by Crippen LogP contribution is -2.62. The van der Waals surface area contributed by atoms with Crippen LogP contribution in [0.3, 0.4) is 0 Å². The first kappa shape index (κ1) is 21.4. The molecule has 142 valence electrons. The van der Waals surface area contributed by atoms with Crippen molar-refractivity contribution >= 4 is 5.91 Å². The van der Waals surface area contributed by atoms with Gasteiger partial charge in [0.15, 0.2) is 0 Å². The molecule has 1 N–H and O–H groups in total. The lowest BCUT2D eigenvalue weighted by atomic mass is 9.80. The first-order valence-electron chi connectivity index (χ1n) is 9.96. The van der Waals surface area contributed by atoms with Crippen LogP contribution in [0.1, 0.15) is 73.1 Å². The number of hydrogen-bond donors (Lipinski definition) is 1. The van der Waals surface area contributed by atoms with Crippen molar-refractivity contribution in [2.24, 2.45) is 11.3 Å². The maximum absolute atomic E-state index is 12.3. The van der Waals surface area contributed by atoms with Crippen molar-refractivity contribution in [3.05, 3.63) is 0 Å². The highest BCUT2D eigenvalue weighted by atomic mass is 16.5. The predicted molar refractivity (Wildman–Crippen MR) is 101 cm³/mol. The molecule has 0 saturated carbocycles. The van der Waals surface area contributed by atoms with E-state index in [0.717, 1.165) is 39.2 Å². The number of amides is 1. The smallest absolute Gasteiger partial charge is 0.228 e. The summed E-state index contributed by atoms with van der Waals surface area (Å²) in [6, 6.07) is 0. The van der Waals surface area contributed by atoms with Crippen molar-refractivity contribution in [2.45, 2.75) is 79.2 Å². The van der Waals surface area contributed by atoms with Crippen LogP contribution in [-0.4, -0.2) is 49.7 Å². The molecule has 1 aliphatic rings. The summed E-state index contributed by atoms with van der Waals surface area (Å²) in [7, 11) is 0. The van der Waals surface area contributed by atoms with Crippen molar-refractivity contribution in [3.8, 4) is 0 Å². The summed E-state index contributed by atoms with van der Waals surface area (Å²) in [5.74, 6) is 0.919. The largest absolute Gasteiger partial charge is 0.379 e. The Hall–Kier alpha value is -0.610. The average molecular weight is 341 g/mol. The molecular formula is C20H40N2O2. The molecule has 4 heteroatoms. The number of unbranched alkanes of at least 4 members (excludes halogenated alkanes) is 5. The Morgan fingerprint density at radius 3 is 2.21 bits per heavy atom. The molecule has 0 aromatic rings. The zero-order chi connectivity index (χ0) is 18.0. The fourth-order valence-corrected chi connectivity index (χ4v) is 3.40. The van der Waals surface area contributed by atoms with Gasteiger partial charge in [-0.15, -0.1) is 0 Å². The summed E-state index contributed by atoms with van der Waals surface area (Å²) < 4.78 is 5.54. The molecular weight excluding hydrogens is 300 g/mol.